The Bertz CT molecular complexity index is 748. The number of hydrogen-bond acceptors (Lipinski definition) is 5. The third-order valence-corrected chi connectivity index (χ3v) is 4.66. The van der Waals surface area contributed by atoms with Crippen LogP contribution < -0.4 is 9.47 Å². The van der Waals surface area contributed by atoms with Crippen molar-refractivity contribution in [2.45, 2.75) is 26.1 Å². The van der Waals surface area contributed by atoms with E-state index in [2.05, 4.69) is 24.0 Å². The molecule has 0 aliphatic carbocycles. The minimum atomic E-state index is -0.330. The number of amidine groups is 1. The predicted octanol–water partition coefficient (Wildman–Crippen LogP) is 3.95. The zero-order chi connectivity index (χ0) is 19.1. The van der Waals surface area contributed by atoms with Crippen LogP contribution in [0.4, 0.5) is 0 Å². The summed E-state index contributed by atoms with van der Waals surface area (Å²) in [7, 11) is 1.72. The summed E-state index contributed by atoms with van der Waals surface area (Å²) >= 11 is 0. The Morgan fingerprint density at radius 2 is 1.67 bits per heavy atom. The van der Waals surface area contributed by atoms with Crippen LogP contribution in [0.25, 0.3) is 0 Å². The van der Waals surface area contributed by atoms with E-state index < -0.39 is 0 Å². The van der Waals surface area contributed by atoms with Crippen molar-refractivity contribution in [1.82, 2.24) is 4.90 Å². The molecule has 1 heterocycles. The number of benzene rings is 2. The lowest BCUT2D eigenvalue weighted by molar-refractivity contribution is 0.0352. The zero-order valence-electron chi connectivity index (χ0n) is 16.3. The standard InChI is InChI=1S/C22H28N2O3/c1-4-24-16-15-23-22(24)21(25-3)20(17-11-7-6-8-12-17)27-19-14-10-9-13-18(19)26-5-2/h6-14,20-21H,4-5,15-16H2,1-3H3. The van der Waals surface area contributed by atoms with E-state index in [1.807, 2.05) is 49.4 Å². The van der Waals surface area contributed by atoms with Crippen molar-refractivity contribution in [2.75, 3.05) is 33.4 Å². The molecule has 0 bridgehead atoms. The number of para-hydroxylation sites is 2. The van der Waals surface area contributed by atoms with Gasteiger partial charge in [0.1, 0.15) is 5.84 Å². The van der Waals surface area contributed by atoms with Gasteiger partial charge in [-0.15, -0.1) is 0 Å². The van der Waals surface area contributed by atoms with Gasteiger partial charge in [0.2, 0.25) is 0 Å². The number of nitrogens with zero attached hydrogens (tertiary/aromatic N) is 2. The molecule has 3 rings (SSSR count). The zero-order valence-corrected chi connectivity index (χ0v) is 16.3. The van der Waals surface area contributed by atoms with Crippen molar-refractivity contribution in [2.24, 2.45) is 4.99 Å². The molecule has 2 aromatic carbocycles. The maximum atomic E-state index is 6.49. The monoisotopic (exact) mass is 368 g/mol. The summed E-state index contributed by atoms with van der Waals surface area (Å²) in [5.74, 6) is 2.39. The number of rotatable bonds is 9. The van der Waals surface area contributed by atoms with Gasteiger partial charge in [-0.1, -0.05) is 42.5 Å². The van der Waals surface area contributed by atoms with Gasteiger partial charge in [-0.25, -0.2) is 0 Å². The molecule has 0 spiro atoms. The number of methoxy groups -OCH3 is 1. The molecular weight excluding hydrogens is 340 g/mol. The Labute approximate surface area is 161 Å². The predicted molar refractivity (Wildman–Crippen MR) is 108 cm³/mol. The number of likely N-dealkylation sites (N-methyl/N-ethyl adjacent to an activating group) is 1. The van der Waals surface area contributed by atoms with E-state index in [0.29, 0.717) is 12.4 Å². The Morgan fingerprint density at radius 1 is 0.963 bits per heavy atom. The number of ether oxygens (including phenoxy) is 3. The molecule has 0 aromatic heterocycles. The second kappa shape index (κ2) is 9.42. The Morgan fingerprint density at radius 3 is 2.33 bits per heavy atom. The SMILES string of the molecule is CCOc1ccccc1OC(c1ccccc1)C(OC)C1=NCCN1CC. The Balaban J connectivity index is 1.97. The van der Waals surface area contributed by atoms with E-state index in [4.69, 9.17) is 19.2 Å². The molecule has 5 nitrogen and oxygen atoms in total. The van der Waals surface area contributed by atoms with E-state index >= 15 is 0 Å². The normalized spacial score (nSPS) is 16.0. The van der Waals surface area contributed by atoms with E-state index in [1.165, 1.54) is 0 Å². The van der Waals surface area contributed by atoms with Crippen molar-refractivity contribution in [3.63, 3.8) is 0 Å². The van der Waals surface area contributed by atoms with Crippen molar-refractivity contribution < 1.29 is 14.2 Å². The van der Waals surface area contributed by atoms with Crippen molar-refractivity contribution in [3.8, 4) is 11.5 Å². The highest BCUT2D eigenvalue weighted by Crippen LogP contribution is 2.34. The second-order valence-corrected chi connectivity index (χ2v) is 6.30. The molecule has 0 fully saturated rings. The first kappa shape index (κ1) is 19.2. The quantitative estimate of drug-likeness (QED) is 0.672. The first-order valence-corrected chi connectivity index (χ1v) is 9.54. The summed E-state index contributed by atoms with van der Waals surface area (Å²) in [6, 6.07) is 17.9. The van der Waals surface area contributed by atoms with Crippen LogP contribution in [0.1, 0.15) is 25.5 Å². The molecule has 27 heavy (non-hydrogen) atoms. The lowest BCUT2D eigenvalue weighted by Crippen LogP contribution is -2.42. The third-order valence-electron chi connectivity index (χ3n) is 4.66. The summed E-state index contributed by atoms with van der Waals surface area (Å²) in [5, 5.41) is 0. The molecule has 0 saturated carbocycles. The fourth-order valence-electron chi connectivity index (χ4n) is 3.36. The fourth-order valence-corrected chi connectivity index (χ4v) is 3.36. The average molecular weight is 368 g/mol. The molecule has 2 aromatic rings. The van der Waals surface area contributed by atoms with E-state index in [0.717, 1.165) is 36.8 Å². The van der Waals surface area contributed by atoms with Crippen molar-refractivity contribution >= 4 is 5.84 Å². The minimum Gasteiger partial charge on any atom is -0.490 e. The third kappa shape index (κ3) is 4.42. The minimum absolute atomic E-state index is 0.301. The molecule has 1 aliphatic heterocycles. The molecular formula is C22H28N2O3. The Hall–Kier alpha value is -2.53. The van der Waals surface area contributed by atoms with Crippen LogP contribution in [0.3, 0.4) is 0 Å². The lowest BCUT2D eigenvalue weighted by atomic mass is 10.0. The molecule has 2 unspecified atom stereocenters. The molecule has 0 radical (unpaired) electrons. The maximum Gasteiger partial charge on any atom is 0.162 e. The highest BCUT2D eigenvalue weighted by atomic mass is 16.6. The van der Waals surface area contributed by atoms with Crippen LogP contribution >= 0.6 is 0 Å². The molecule has 0 amide bonds. The summed E-state index contributed by atoms with van der Waals surface area (Å²) in [4.78, 5) is 6.96. The summed E-state index contributed by atoms with van der Waals surface area (Å²) < 4.78 is 18.2. The first-order valence-electron chi connectivity index (χ1n) is 9.54. The summed E-state index contributed by atoms with van der Waals surface area (Å²) in [6.45, 7) is 7.30. The maximum absolute atomic E-state index is 6.49. The van der Waals surface area contributed by atoms with E-state index in [9.17, 15) is 0 Å². The van der Waals surface area contributed by atoms with Crippen LogP contribution in [0, 0.1) is 0 Å². The molecule has 144 valence electrons. The van der Waals surface area contributed by atoms with Gasteiger partial charge >= 0.3 is 0 Å². The van der Waals surface area contributed by atoms with Crippen molar-refractivity contribution in [1.29, 1.82) is 0 Å². The topological polar surface area (TPSA) is 43.3 Å². The second-order valence-electron chi connectivity index (χ2n) is 6.30. The molecule has 2 atom stereocenters. The van der Waals surface area contributed by atoms with Crippen molar-refractivity contribution in [3.05, 3.63) is 60.2 Å². The van der Waals surface area contributed by atoms with Gasteiger partial charge in [-0.2, -0.15) is 0 Å². The number of aliphatic imine (C=N–C) groups is 1. The lowest BCUT2D eigenvalue weighted by Gasteiger charge is -2.31. The summed E-state index contributed by atoms with van der Waals surface area (Å²) in [5.41, 5.74) is 1.04. The Kier molecular flexibility index (Phi) is 6.71. The van der Waals surface area contributed by atoms with Gasteiger partial charge in [0.05, 0.1) is 13.2 Å². The van der Waals surface area contributed by atoms with Crippen LogP contribution in [0.2, 0.25) is 0 Å². The highest BCUT2D eigenvalue weighted by molar-refractivity contribution is 5.88. The first-order chi connectivity index (χ1) is 13.3. The molecule has 1 aliphatic rings. The molecule has 5 heteroatoms. The largest absolute Gasteiger partial charge is 0.490 e. The van der Waals surface area contributed by atoms with Crippen LogP contribution in [-0.4, -0.2) is 50.2 Å². The number of hydrogen-bond donors (Lipinski definition) is 0. The smallest absolute Gasteiger partial charge is 0.162 e. The van der Waals surface area contributed by atoms with Gasteiger partial charge in [0.25, 0.3) is 0 Å². The molecule has 0 saturated heterocycles. The van der Waals surface area contributed by atoms with Crippen LogP contribution in [0.15, 0.2) is 59.6 Å². The highest BCUT2D eigenvalue weighted by Gasteiger charge is 2.34. The molecule has 0 N–H and O–H groups in total. The average Bonchev–Trinajstić information content (AvgIpc) is 3.18. The van der Waals surface area contributed by atoms with Gasteiger partial charge in [0.15, 0.2) is 23.7 Å². The van der Waals surface area contributed by atoms with Gasteiger partial charge in [-0.05, 0) is 31.5 Å². The van der Waals surface area contributed by atoms with Crippen LogP contribution in [0.5, 0.6) is 11.5 Å². The fraction of sp³-hybridized carbons (Fsp3) is 0.409. The summed E-state index contributed by atoms with van der Waals surface area (Å²) in [6.07, 6.45) is -0.631. The van der Waals surface area contributed by atoms with E-state index in [1.54, 1.807) is 7.11 Å². The van der Waals surface area contributed by atoms with Crippen LogP contribution in [-0.2, 0) is 4.74 Å². The van der Waals surface area contributed by atoms with E-state index in [-0.39, 0.29) is 12.2 Å². The van der Waals surface area contributed by atoms with Gasteiger partial charge < -0.3 is 19.1 Å². The van der Waals surface area contributed by atoms with Gasteiger partial charge in [-0.3, -0.25) is 4.99 Å². The van der Waals surface area contributed by atoms with Gasteiger partial charge in [0, 0.05) is 20.2 Å².